The molecule has 1 N–H and O–H groups in total. The van der Waals surface area contributed by atoms with Crippen molar-refractivity contribution in [3.63, 3.8) is 0 Å². The van der Waals surface area contributed by atoms with E-state index in [-0.39, 0.29) is 5.41 Å². The first-order chi connectivity index (χ1) is 9.19. The molecule has 0 heterocycles. The molecule has 19 heavy (non-hydrogen) atoms. The van der Waals surface area contributed by atoms with Crippen LogP contribution < -0.4 is 5.32 Å². The second kappa shape index (κ2) is 6.53. The van der Waals surface area contributed by atoms with Crippen LogP contribution in [0.3, 0.4) is 0 Å². The molecule has 2 rings (SSSR count). The van der Waals surface area contributed by atoms with E-state index in [1.54, 1.807) is 0 Å². The van der Waals surface area contributed by atoms with E-state index in [4.69, 9.17) is 0 Å². The third-order valence-electron chi connectivity index (χ3n) is 4.26. The van der Waals surface area contributed by atoms with Crippen LogP contribution in [-0.2, 0) is 5.41 Å². The Morgan fingerprint density at radius 2 is 1.89 bits per heavy atom. The van der Waals surface area contributed by atoms with Crippen molar-refractivity contribution in [3.05, 3.63) is 35.9 Å². The molecule has 2 nitrogen and oxygen atoms in total. The lowest BCUT2D eigenvalue weighted by atomic mass is 9.81. The Balaban J connectivity index is 2.13. The average molecular weight is 260 g/mol. The van der Waals surface area contributed by atoms with Crippen molar-refractivity contribution in [2.24, 2.45) is 0 Å². The van der Waals surface area contributed by atoms with Crippen LogP contribution in [0.5, 0.6) is 0 Å². The Morgan fingerprint density at radius 1 is 1.21 bits per heavy atom. The molecule has 1 aromatic rings. The van der Waals surface area contributed by atoms with Crippen molar-refractivity contribution < 1.29 is 0 Å². The summed E-state index contributed by atoms with van der Waals surface area (Å²) in [5, 5.41) is 3.55. The maximum atomic E-state index is 3.55. The van der Waals surface area contributed by atoms with Crippen molar-refractivity contribution in [2.75, 3.05) is 26.2 Å². The monoisotopic (exact) mass is 260 g/mol. The second-order valence-electron chi connectivity index (χ2n) is 6.00. The van der Waals surface area contributed by atoms with Crippen molar-refractivity contribution in [2.45, 2.75) is 45.1 Å². The predicted octanol–water partition coefficient (Wildman–Crippen LogP) is 3.04. The highest BCUT2D eigenvalue weighted by molar-refractivity contribution is 5.26. The first-order valence-electron chi connectivity index (χ1n) is 7.70. The van der Waals surface area contributed by atoms with Gasteiger partial charge in [-0.2, -0.15) is 0 Å². The normalized spacial score (nSPS) is 18.5. The van der Waals surface area contributed by atoms with Crippen LogP contribution in [0.15, 0.2) is 30.3 Å². The minimum atomic E-state index is 0.204. The van der Waals surface area contributed by atoms with Crippen LogP contribution in [0, 0.1) is 0 Å². The maximum Gasteiger partial charge on any atom is 0.0177 e. The van der Waals surface area contributed by atoms with E-state index in [1.165, 1.54) is 24.9 Å². The zero-order valence-corrected chi connectivity index (χ0v) is 12.7. The molecule has 1 aliphatic rings. The van der Waals surface area contributed by atoms with Gasteiger partial charge in [0.25, 0.3) is 0 Å². The molecule has 1 aliphatic carbocycles. The topological polar surface area (TPSA) is 15.3 Å². The molecule has 0 saturated heterocycles. The smallest absolute Gasteiger partial charge is 0.0177 e. The highest BCUT2D eigenvalue weighted by Crippen LogP contribution is 2.31. The van der Waals surface area contributed by atoms with Crippen molar-refractivity contribution in [3.8, 4) is 0 Å². The zero-order valence-electron chi connectivity index (χ0n) is 12.7. The molecule has 106 valence electrons. The van der Waals surface area contributed by atoms with Crippen LogP contribution in [0.2, 0.25) is 0 Å². The highest BCUT2D eigenvalue weighted by Gasteiger charge is 2.34. The molecule has 1 unspecified atom stereocenters. The molecule has 0 amide bonds. The van der Waals surface area contributed by atoms with Gasteiger partial charge in [0.15, 0.2) is 0 Å². The summed E-state index contributed by atoms with van der Waals surface area (Å²) >= 11 is 0. The maximum absolute atomic E-state index is 3.55. The van der Waals surface area contributed by atoms with Gasteiger partial charge in [0.05, 0.1) is 0 Å². The molecule has 1 atom stereocenters. The van der Waals surface area contributed by atoms with E-state index < -0.39 is 0 Å². The van der Waals surface area contributed by atoms with Crippen LogP contribution in [0.4, 0.5) is 0 Å². The number of likely N-dealkylation sites (N-methyl/N-ethyl adjacent to an activating group) is 2. The Labute approximate surface area is 118 Å². The molecule has 2 heteroatoms. The number of nitrogens with zero attached hydrogens (tertiary/aromatic N) is 1. The summed E-state index contributed by atoms with van der Waals surface area (Å²) in [7, 11) is 0. The van der Waals surface area contributed by atoms with Gasteiger partial charge >= 0.3 is 0 Å². The van der Waals surface area contributed by atoms with E-state index >= 15 is 0 Å². The van der Waals surface area contributed by atoms with E-state index in [1.807, 2.05) is 0 Å². The lowest BCUT2D eigenvalue weighted by Crippen LogP contribution is -2.46. The third-order valence-corrected chi connectivity index (χ3v) is 4.26. The molecule has 0 aliphatic heterocycles. The molecule has 1 saturated carbocycles. The fraction of sp³-hybridized carbons (Fsp3) is 0.647. The molecule has 0 spiro atoms. The average Bonchev–Trinajstić information content (AvgIpc) is 3.28. The van der Waals surface area contributed by atoms with E-state index in [2.05, 4.69) is 61.3 Å². The Morgan fingerprint density at radius 3 is 2.42 bits per heavy atom. The van der Waals surface area contributed by atoms with Crippen LogP contribution in [0.25, 0.3) is 0 Å². The number of nitrogens with one attached hydrogen (secondary N) is 1. The van der Waals surface area contributed by atoms with Crippen LogP contribution >= 0.6 is 0 Å². The Hall–Kier alpha value is -0.860. The van der Waals surface area contributed by atoms with E-state index in [0.29, 0.717) is 0 Å². The highest BCUT2D eigenvalue weighted by atomic mass is 15.2. The minimum Gasteiger partial charge on any atom is -0.316 e. The van der Waals surface area contributed by atoms with E-state index in [0.717, 1.165) is 25.7 Å². The van der Waals surface area contributed by atoms with Gasteiger partial charge in [-0.15, -0.1) is 0 Å². The molecule has 0 bridgehead atoms. The first kappa shape index (κ1) is 14.5. The SMILES string of the molecule is CCNCC(C)(CN(CC)C1CC1)c1ccccc1. The summed E-state index contributed by atoms with van der Waals surface area (Å²) in [6, 6.07) is 11.8. The van der Waals surface area contributed by atoms with Gasteiger partial charge in [0.2, 0.25) is 0 Å². The molecular formula is C17H28N2. The largest absolute Gasteiger partial charge is 0.316 e. The van der Waals surface area contributed by atoms with Gasteiger partial charge in [-0.05, 0) is 31.5 Å². The number of rotatable bonds is 8. The van der Waals surface area contributed by atoms with Gasteiger partial charge in [-0.3, -0.25) is 4.90 Å². The van der Waals surface area contributed by atoms with Gasteiger partial charge in [-0.25, -0.2) is 0 Å². The Bertz CT molecular complexity index is 372. The van der Waals surface area contributed by atoms with Gasteiger partial charge in [-0.1, -0.05) is 51.1 Å². The van der Waals surface area contributed by atoms with Crippen LogP contribution in [-0.4, -0.2) is 37.1 Å². The van der Waals surface area contributed by atoms with E-state index in [9.17, 15) is 0 Å². The summed E-state index contributed by atoms with van der Waals surface area (Å²) in [6.45, 7) is 11.3. The predicted molar refractivity (Wildman–Crippen MR) is 82.6 cm³/mol. The molecular weight excluding hydrogens is 232 g/mol. The van der Waals surface area contributed by atoms with Crippen LogP contribution in [0.1, 0.15) is 39.2 Å². The van der Waals surface area contributed by atoms with Gasteiger partial charge in [0, 0.05) is 24.5 Å². The fourth-order valence-electron chi connectivity index (χ4n) is 2.88. The number of benzene rings is 1. The summed E-state index contributed by atoms with van der Waals surface area (Å²) in [6.07, 6.45) is 2.78. The number of hydrogen-bond donors (Lipinski definition) is 1. The van der Waals surface area contributed by atoms with Crippen molar-refractivity contribution >= 4 is 0 Å². The lowest BCUT2D eigenvalue weighted by Gasteiger charge is -2.36. The second-order valence-corrected chi connectivity index (χ2v) is 6.00. The first-order valence-corrected chi connectivity index (χ1v) is 7.70. The quantitative estimate of drug-likeness (QED) is 0.773. The van der Waals surface area contributed by atoms with Gasteiger partial charge in [0.1, 0.15) is 0 Å². The molecule has 1 aromatic carbocycles. The summed E-state index contributed by atoms with van der Waals surface area (Å²) in [5.41, 5.74) is 1.66. The zero-order chi connectivity index (χ0) is 13.7. The number of hydrogen-bond acceptors (Lipinski definition) is 2. The summed E-state index contributed by atoms with van der Waals surface area (Å²) in [4.78, 5) is 2.66. The lowest BCUT2D eigenvalue weighted by molar-refractivity contribution is 0.211. The summed E-state index contributed by atoms with van der Waals surface area (Å²) < 4.78 is 0. The molecule has 1 fully saturated rings. The molecule has 0 radical (unpaired) electrons. The summed E-state index contributed by atoms with van der Waals surface area (Å²) in [5.74, 6) is 0. The van der Waals surface area contributed by atoms with Crippen molar-refractivity contribution in [1.29, 1.82) is 0 Å². The third kappa shape index (κ3) is 3.80. The van der Waals surface area contributed by atoms with Crippen molar-refractivity contribution in [1.82, 2.24) is 10.2 Å². The standard InChI is InChI=1S/C17H28N2/c1-4-18-13-17(3,15-9-7-6-8-10-15)14-19(5-2)16-11-12-16/h6-10,16,18H,4-5,11-14H2,1-3H3. The Kier molecular flexibility index (Phi) is 5.00. The van der Waals surface area contributed by atoms with Gasteiger partial charge < -0.3 is 5.32 Å². The molecule has 0 aromatic heterocycles. The fourth-order valence-corrected chi connectivity index (χ4v) is 2.88. The minimum absolute atomic E-state index is 0.204.